The summed E-state index contributed by atoms with van der Waals surface area (Å²) in [6, 6.07) is 3.38. The molecule has 0 heterocycles. The molecule has 1 aromatic carbocycles. The zero-order valence-corrected chi connectivity index (χ0v) is 14.2. The fourth-order valence-electron chi connectivity index (χ4n) is 3.77. The van der Waals surface area contributed by atoms with Crippen LogP contribution in [0.15, 0.2) is 18.2 Å². The van der Waals surface area contributed by atoms with Crippen LogP contribution >= 0.6 is 23.2 Å². The average molecular weight is 388 g/mol. The van der Waals surface area contributed by atoms with E-state index in [4.69, 9.17) is 28.9 Å². The third kappa shape index (κ3) is 2.90. The Morgan fingerprint density at radius 2 is 1.80 bits per heavy atom. The van der Waals surface area contributed by atoms with Gasteiger partial charge in [-0.1, -0.05) is 29.3 Å². The molecule has 2 fully saturated rings. The topological polar surface area (TPSA) is 142 Å². The van der Waals surface area contributed by atoms with Gasteiger partial charge in [-0.3, -0.25) is 9.59 Å². The van der Waals surface area contributed by atoms with Gasteiger partial charge in [0.15, 0.2) is 0 Å². The lowest BCUT2D eigenvalue weighted by Gasteiger charge is -2.25. The van der Waals surface area contributed by atoms with E-state index in [2.05, 4.69) is 10.6 Å². The normalized spacial score (nSPS) is 32.6. The number of carboxylic acid groups (broad SMARTS) is 2. The number of aliphatic carboxylic acids is 2. The molecule has 1 aromatic rings. The molecule has 8 nitrogen and oxygen atoms in total. The van der Waals surface area contributed by atoms with E-state index in [1.807, 2.05) is 0 Å². The van der Waals surface area contributed by atoms with E-state index in [9.17, 15) is 24.6 Å². The average Bonchev–Trinajstić information content (AvgIpc) is 3.20. The molecule has 134 valence electrons. The first-order valence-corrected chi connectivity index (χ1v) is 8.19. The number of benzene rings is 1. The maximum absolute atomic E-state index is 12.2. The molecule has 10 heteroatoms. The van der Waals surface area contributed by atoms with Crippen LogP contribution in [0.25, 0.3) is 0 Å². The van der Waals surface area contributed by atoms with E-state index in [1.54, 1.807) is 18.2 Å². The summed E-state index contributed by atoms with van der Waals surface area (Å²) in [6.45, 7) is 0. The summed E-state index contributed by atoms with van der Waals surface area (Å²) in [7, 11) is 0. The summed E-state index contributed by atoms with van der Waals surface area (Å²) in [5, 5.41) is 24.1. The first kappa shape index (κ1) is 17.8. The molecule has 2 aliphatic carbocycles. The Hall–Kier alpha value is -2.03. The Bertz CT molecular complexity index is 753. The van der Waals surface area contributed by atoms with Crippen molar-refractivity contribution >= 4 is 46.9 Å². The summed E-state index contributed by atoms with van der Waals surface area (Å²) in [4.78, 5) is 35.0. The Kier molecular flexibility index (Phi) is 4.30. The van der Waals surface area contributed by atoms with Gasteiger partial charge in [0.25, 0.3) is 0 Å². The zero-order chi connectivity index (χ0) is 18.5. The molecule has 0 aliphatic heterocycles. The van der Waals surface area contributed by atoms with E-state index in [1.165, 1.54) is 0 Å². The molecule has 25 heavy (non-hydrogen) atoms. The van der Waals surface area contributed by atoms with Crippen molar-refractivity contribution in [3.63, 3.8) is 0 Å². The number of halogens is 2. The summed E-state index contributed by atoms with van der Waals surface area (Å²) in [6.07, 6.45) is -0.0505. The van der Waals surface area contributed by atoms with Crippen LogP contribution in [0.4, 0.5) is 10.5 Å². The number of amides is 2. The van der Waals surface area contributed by atoms with Crippen LogP contribution in [0.3, 0.4) is 0 Å². The van der Waals surface area contributed by atoms with Gasteiger partial charge in [0.05, 0.1) is 21.7 Å². The SMILES string of the molecule is N[C@]1(C(=O)O)C[C@@H](NC(=O)Nc2c(Cl)cccc2Cl)[C@@H]2[C@@H](C(=O)O)[C@H]21. The van der Waals surface area contributed by atoms with E-state index in [-0.39, 0.29) is 22.2 Å². The molecule has 6 N–H and O–H groups in total. The number of hydrogen-bond donors (Lipinski definition) is 5. The maximum atomic E-state index is 12.2. The minimum Gasteiger partial charge on any atom is -0.481 e. The van der Waals surface area contributed by atoms with Gasteiger partial charge in [-0.15, -0.1) is 0 Å². The van der Waals surface area contributed by atoms with E-state index in [0.717, 1.165) is 0 Å². The zero-order valence-electron chi connectivity index (χ0n) is 12.7. The number of para-hydroxylation sites is 1. The smallest absolute Gasteiger partial charge is 0.324 e. The standard InChI is InChI=1S/C15H15Cl2N3O5/c16-5-2-1-3-6(17)11(5)20-14(25)19-7-4-15(18,13(23)24)10-8(7)9(10)12(21)22/h1-3,7-10H,4,18H2,(H,21,22)(H,23,24)(H2,19,20,25)/t7-,8-,9-,10+,15-/m1/s1. The molecule has 3 rings (SSSR count). The number of carboxylic acids is 2. The number of nitrogens with two attached hydrogens (primary N) is 1. The lowest BCUT2D eigenvalue weighted by molar-refractivity contribution is -0.145. The van der Waals surface area contributed by atoms with Crippen molar-refractivity contribution in [1.29, 1.82) is 0 Å². The van der Waals surface area contributed by atoms with Crippen molar-refractivity contribution in [3.05, 3.63) is 28.2 Å². The van der Waals surface area contributed by atoms with E-state index >= 15 is 0 Å². The number of rotatable bonds is 4. The molecular weight excluding hydrogens is 373 g/mol. The van der Waals surface area contributed by atoms with Crippen LogP contribution in [0.1, 0.15) is 6.42 Å². The van der Waals surface area contributed by atoms with Crippen LogP contribution < -0.4 is 16.4 Å². The van der Waals surface area contributed by atoms with Gasteiger partial charge in [0, 0.05) is 12.0 Å². The first-order valence-electron chi connectivity index (χ1n) is 7.43. The van der Waals surface area contributed by atoms with Crippen molar-refractivity contribution in [2.75, 3.05) is 5.32 Å². The Balaban J connectivity index is 1.74. The van der Waals surface area contributed by atoms with E-state index in [0.29, 0.717) is 0 Å². The Morgan fingerprint density at radius 3 is 2.32 bits per heavy atom. The molecule has 0 unspecified atom stereocenters. The van der Waals surface area contributed by atoms with Crippen LogP contribution in [-0.2, 0) is 9.59 Å². The molecule has 0 bridgehead atoms. The number of anilines is 1. The van der Waals surface area contributed by atoms with Gasteiger partial charge >= 0.3 is 18.0 Å². The number of hydrogen-bond acceptors (Lipinski definition) is 4. The molecule has 2 saturated carbocycles. The highest BCUT2D eigenvalue weighted by Gasteiger charge is 2.74. The lowest BCUT2D eigenvalue weighted by Crippen LogP contribution is -2.52. The van der Waals surface area contributed by atoms with Crippen LogP contribution in [0, 0.1) is 17.8 Å². The molecule has 0 aromatic heterocycles. The van der Waals surface area contributed by atoms with Gasteiger partial charge in [-0.2, -0.15) is 0 Å². The minimum absolute atomic E-state index is 0.0505. The Labute approximate surface area is 152 Å². The van der Waals surface area contributed by atoms with Gasteiger partial charge in [-0.05, 0) is 24.5 Å². The molecule has 2 amide bonds. The molecule has 0 spiro atoms. The number of nitrogens with one attached hydrogen (secondary N) is 2. The first-order chi connectivity index (χ1) is 11.7. The van der Waals surface area contributed by atoms with Crippen molar-refractivity contribution in [2.24, 2.45) is 23.5 Å². The van der Waals surface area contributed by atoms with Gasteiger partial charge in [0.2, 0.25) is 0 Å². The summed E-state index contributed by atoms with van der Waals surface area (Å²) < 4.78 is 0. The second kappa shape index (κ2) is 6.05. The highest BCUT2D eigenvalue weighted by atomic mass is 35.5. The number of urea groups is 1. The lowest BCUT2D eigenvalue weighted by atomic mass is 9.90. The number of carbonyl (C=O) groups is 3. The summed E-state index contributed by atoms with van der Waals surface area (Å²) >= 11 is 12.0. The van der Waals surface area contributed by atoms with Crippen LogP contribution in [0.2, 0.25) is 10.0 Å². The second-order valence-corrected chi connectivity index (χ2v) is 7.13. The van der Waals surface area contributed by atoms with Gasteiger partial charge in [-0.25, -0.2) is 4.79 Å². The fourth-order valence-corrected chi connectivity index (χ4v) is 4.26. The fraction of sp³-hybridized carbons (Fsp3) is 0.400. The van der Waals surface area contributed by atoms with Crippen LogP contribution in [-0.4, -0.2) is 39.8 Å². The van der Waals surface area contributed by atoms with Crippen molar-refractivity contribution < 1.29 is 24.6 Å². The number of fused-ring (bicyclic) bond motifs is 1. The van der Waals surface area contributed by atoms with Gasteiger partial charge in [0.1, 0.15) is 5.54 Å². The highest BCUT2D eigenvalue weighted by Crippen LogP contribution is 2.61. The van der Waals surface area contributed by atoms with Crippen molar-refractivity contribution in [2.45, 2.75) is 18.0 Å². The van der Waals surface area contributed by atoms with E-state index < -0.39 is 47.3 Å². The summed E-state index contributed by atoms with van der Waals surface area (Å²) in [5.74, 6) is -4.51. The molecular formula is C15H15Cl2N3O5. The molecule has 5 atom stereocenters. The molecule has 2 aliphatic rings. The van der Waals surface area contributed by atoms with Crippen molar-refractivity contribution in [3.8, 4) is 0 Å². The second-order valence-electron chi connectivity index (χ2n) is 6.32. The third-order valence-corrected chi connectivity index (χ3v) is 5.52. The molecule has 0 radical (unpaired) electrons. The third-order valence-electron chi connectivity index (χ3n) is 4.89. The molecule has 0 saturated heterocycles. The predicted molar refractivity (Wildman–Crippen MR) is 89.7 cm³/mol. The summed E-state index contributed by atoms with van der Waals surface area (Å²) in [5.41, 5.74) is 4.44. The largest absolute Gasteiger partial charge is 0.481 e. The van der Waals surface area contributed by atoms with Crippen molar-refractivity contribution in [1.82, 2.24) is 5.32 Å². The van der Waals surface area contributed by atoms with Gasteiger partial charge < -0.3 is 26.6 Å². The number of carbonyl (C=O) groups excluding carboxylic acids is 1. The Morgan fingerprint density at radius 1 is 1.20 bits per heavy atom. The monoisotopic (exact) mass is 387 g/mol. The predicted octanol–water partition coefficient (Wildman–Crippen LogP) is 1.62. The maximum Gasteiger partial charge on any atom is 0.324 e. The van der Waals surface area contributed by atoms with Crippen LogP contribution in [0.5, 0.6) is 0 Å². The highest BCUT2D eigenvalue weighted by molar-refractivity contribution is 6.39. The minimum atomic E-state index is -1.67. The quantitative estimate of drug-likeness (QED) is 0.531.